The van der Waals surface area contributed by atoms with Crippen LogP contribution in [0.25, 0.3) is 0 Å². The van der Waals surface area contributed by atoms with Crippen LogP contribution < -0.4 is 10.7 Å². The van der Waals surface area contributed by atoms with Crippen LogP contribution in [-0.2, 0) is 11.3 Å². The molecule has 2 aromatic rings. The number of aryl methyl sites for hydroxylation is 1. The molecule has 2 bridgehead atoms. The number of aromatic hydroxyl groups is 1. The maximum absolute atomic E-state index is 14.1. The second kappa shape index (κ2) is 8.34. The van der Waals surface area contributed by atoms with E-state index in [-0.39, 0.29) is 23.4 Å². The third-order valence-electron chi connectivity index (χ3n) is 6.06. The number of ether oxygens (including phenoxy) is 1. The Morgan fingerprint density at radius 3 is 2.56 bits per heavy atom. The molecule has 0 spiro atoms. The number of fused-ring (bicyclic) bond motifs is 4. The van der Waals surface area contributed by atoms with Gasteiger partial charge in [0.1, 0.15) is 17.2 Å². The van der Waals surface area contributed by atoms with Gasteiger partial charge in [0.05, 0.1) is 12.1 Å². The molecule has 170 valence electrons. The highest BCUT2D eigenvalue weighted by atomic mass is 19.1. The maximum atomic E-state index is 14.1. The molecule has 2 atom stereocenters. The summed E-state index contributed by atoms with van der Waals surface area (Å²) in [5.74, 6) is -3.87. The van der Waals surface area contributed by atoms with Crippen LogP contribution in [0.2, 0.25) is 0 Å². The first-order chi connectivity index (χ1) is 15.2. The number of rotatable bonds is 4. The number of pyridine rings is 1. The van der Waals surface area contributed by atoms with Crippen LogP contribution in [0.15, 0.2) is 23.1 Å². The Kier molecular flexibility index (Phi) is 5.72. The van der Waals surface area contributed by atoms with Gasteiger partial charge in [-0.15, -0.1) is 0 Å². The van der Waals surface area contributed by atoms with Gasteiger partial charge in [-0.25, -0.2) is 8.78 Å². The molecule has 2 aliphatic rings. The molecule has 1 aromatic carbocycles. The molecule has 4 rings (SSSR count). The number of carbonyl (C=O) groups is 2. The molecule has 1 saturated heterocycles. The number of hydrogen-bond acceptors (Lipinski definition) is 5. The lowest BCUT2D eigenvalue weighted by molar-refractivity contribution is 0.0481. The largest absolute Gasteiger partial charge is 0.503 e. The number of nitrogens with zero attached hydrogens (tertiary/aromatic N) is 2. The predicted molar refractivity (Wildman–Crippen MR) is 110 cm³/mol. The molecule has 8 nitrogen and oxygen atoms in total. The number of aromatic nitrogens is 1. The molecule has 0 radical (unpaired) electrons. The van der Waals surface area contributed by atoms with Gasteiger partial charge in [-0.1, -0.05) is 0 Å². The molecule has 1 aromatic heterocycles. The van der Waals surface area contributed by atoms with Crippen LogP contribution in [0.5, 0.6) is 5.75 Å². The smallest absolute Gasteiger partial charge is 0.274 e. The Bertz CT molecular complexity index is 1140. The summed E-state index contributed by atoms with van der Waals surface area (Å²) in [5, 5.41) is 12.8. The zero-order valence-corrected chi connectivity index (χ0v) is 17.7. The summed E-state index contributed by atoms with van der Waals surface area (Å²) in [5.41, 5.74) is -1.55. The highest BCUT2D eigenvalue weighted by Crippen LogP contribution is 2.32. The van der Waals surface area contributed by atoms with Gasteiger partial charge in [0, 0.05) is 38.5 Å². The van der Waals surface area contributed by atoms with Crippen LogP contribution >= 0.6 is 0 Å². The van der Waals surface area contributed by atoms with Crippen molar-refractivity contribution in [3.63, 3.8) is 0 Å². The van der Waals surface area contributed by atoms with Crippen molar-refractivity contribution in [3.8, 4) is 5.75 Å². The maximum Gasteiger partial charge on any atom is 0.274 e. The van der Waals surface area contributed by atoms with E-state index in [2.05, 4.69) is 5.32 Å². The van der Waals surface area contributed by atoms with E-state index in [0.717, 1.165) is 12.1 Å². The Morgan fingerprint density at radius 1 is 1.22 bits per heavy atom. The van der Waals surface area contributed by atoms with Gasteiger partial charge in [-0.2, -0.15) is 0 Å². The Balaban J connectivity index is 1.66. The van der Waals surface area contributed by atoms with Gasteiger partial charge >= 0.3 is 0 Å². The van der Waals surface area contributed by atoms with Gasteiger partial charge in [-0.05, 0) is 37.5 Å². The predicted octanol–water partition coefficient (Wildman–Crippen LogP) is 1.88. The summed E-state index contributed by atoms with van der Waals surface area (Å²) < 4.78 is 35.0. The number of nitrogens with one attached hydrogen (secondary N) is 1. The van der Waals surface area contributed by atoms with Crippen molar-refractivity contribution in [1.82, 2.24) is 14.8 Å². The summed E-state index contributed by atoms with van der Waals surface area (Å²) in [7, 11) is 1.56. The lowest BCUT2D eigenvalue weighted by Crippen LogP contribution is -2.45. The SMILES string of the molecule is CO[C@H]1CC[C@H]2CN(C1)C(=O)c1c(O)c(=O)c(C(=O)NCc3c(F)cc(C)cc3F)cn12. The van der Waals surface area contributed by atoms with Crippen molar-refractivity contribution < 1.29 is 28.2 Å². The number of benzene rings is 1. The van der Waals surface area contributed by atoms with Crippen LogP contribution in [0.3, 0.4) is 0 Å². The Hall–Kier alpha value is -3.27. The summed E-state index contributed by atoms with van der Waals surface area (Å²) in [6.45, 7) is 1.75. The minimum Gasteiger partial charge on any atom is -0.503 e. The molecule has 0 unspecified atom stereocenters. The molecule has 0 aliphatic carbocycles. The quantitative estimate of drug-likeness (QED) is 0.746. The fraction of sp³-hybridized carbons (Fsp3) is 0.409. The number of amides is 2. The molecular weight excluding hydrogens is 424 g/mol. The Labute approximate surface area is 182 Å². The first-order valence-electron chi connectivity index (χ1n) is 10.2. The average molecular weight is 447 g/mol. The minimum atomic E-state index is -1.02. The standard InChI is InChI=1S/C22H23F2N3O5/c1-11-5-16(23)14(17(24)6-11)7-25-21(30)15-10-27-12-3-4-13(32-2)9-26(8-12)22(31)18(27)20(29)19(15)28/h5-6,10,12-13,29H,3-4,7-9H2,1-2H3,(H,25,30)/t12-,13-/m0/s1. The summed E-state index contributed by atoms with van der Waals surface area (Å²) in [6.07, 6.45) is 2.33. The van der Waals surface area contributed by atoms with E-state index in [0.29, 0.717) is 31.5 Å². The van der Waals surface area contributed by atoms with Crippen molar-refractivity contribution >= 4 is 11.8 Å². The van der Waals surface area contributed by atoms with E-state index in [1.165, 1.54) is 22.6 Å². The molecule has 10 heteroatoms. The number of hydrogen-bond donors (Lipinski definition) is 2. The van der Waals surface area contributed by atoms with Crippen LogP contribution in [0.4, 0.5) is 8.78 Å². The molecular formula is C22H23F2N3O5. The Morgan fingerprint density at radius 2 is 1.91 bits per heavy atom. The summed E-state index contributed by atoms with van der Waals surface area (Å²) >= 11 is 0. The lowest BCUT2D eigenvalue weighted by Gasteiger charge is -2.34. The molecule has 2 N–H and O–H groups in total. The van der Waals surface area contributed by atoms with E-state index < -0.39 is 46.7 Å². The molecule has 3 heterocycles. The second-order valence-electron chi connectivity index (χ2n) is 8.17. The number of halogens is 2. The number of methoxy groups -OCH3 is 1. The van der Waals surface area contributed by atoms with E-state index in [9.17, 15) is 28.3 Å². The monoisotopic (exact) mass is 447 g/mol. The van der Waals surface area contributed by atoms with E-state index >= 15 is 0 Å². The topological polar surface area (TPSA) is 101 Å². The summed E-state index contributed by atoms with van der Waals surface area (Å²) in [4.78, 5) is 39.8. The first kappa shape index (κ1) is 21.9. The van der Waals surface area contributed by atoms with Gasteiger partial charge in [0.15, 0.2) is 11.4 Å². The molecule has 2 aliphatic heterocycles. The van der Waals surface area contributed by atoms with Crippen molar-refractivity contribution in [2.45, 2.75) is 38.5 Å². The number of carbonyl (C=O) groups excluding carboxylic acids is 2. The second-order valence-corrected chi connectivity index (χ2v) is 8.17. The van der Waals surface area contributed by atoms with Crippen molar-refractivity contribution in [2.75, 3.05) is 20.2 Å². The first-order valence-corrected chi connectivity index (χ1v) is 10.2. The van der Waals surface area contributed by atoms with Gasteiger partial charge in [0.2, 0.25) is 5.43 Å². The van der Waals surface area contributed by atoms with Crippen molar-refractivity contribution in [3.05, 3.63) is 62.6 Å². The normalized spacial score (nSPS) is 20.0. The third-order valence-corrected chi connectivity index (χ3v) is 6.06. The molecule has 2 amide bonds. The average Bonchev–Trinajstić information content (AvgIpc) is 2.94. The van der Waals surface area contributed by atoms with Gasteiger partial charge < -0.3 is 24.6 Å². The molecule has 0 saturated carbocycles. The zero-order chi connectivity index (χ0) is 23.2. The van der Waals surface area contributed by atoms with Crippen LogP contribution in [-0.4, -0.2) is 52.7 Å². The third kappa shape index (κ3) is 3.75. The van der Waals surface area contributed by atoms with Gasteiger partial charge in [-0.3, -0.25) is 14.4 Å². The lowest BCUT2D eigenvalue weighted by atomic mass is 10.1. The minimum absolute atomic E-state index is 0.171. The molecule has 32 heavy (non-hydrogen) atoms. The van der Waals surface area contributed by atoms with Crippen molar-refractivity contribution in [2.24, 2.45) is 0 Å². The van der Waals surface area contributed by atoms with Crippen LogP contribution in [0, 0.1) is 18.6 Å². The van der Waals surface area contributed by atoms with E-state index in [1.54, 1.807) is 7.11 Å². The zero-order valence-electron chi connectivity index (χ0n) is 17.7. The fourth-order valence-corrected chi connectivity index (χ4v) is 4.31. The summed E-state index contributed by atoms with van der Waals surface area (Å²) in [6, 6.07) is 2.02. The van der Waals surface area contributed by atoms with Crippen LogP contribution in [0.1, 0.15) is 50.9 Å². The van der Waals surface area contributed by atoms with E-state index in [4.69, 9.17) is 4.74 Å². The highest BCUT2D eigenvalue weighted by molar-refractivity contribution is 5.99. The molecule has 1 fully saturated rings. The highest BCUT2D eigenvalue weighted by Gasteiger charge is 2.38. The van der Waals surface area contributed by atoms with Crippen molar-refractivity contribution in [1.29, 1.82) is 0 Å². The fourth-order valence-electron chi connectivity index (χ4n) is 4.31. The van der Waals surface area contributed by atoms with Gasteiger partial charge in [0.25, 0.3) is 11.8 Å². The van der Waals surface area contributed by atoms with E-state index in [1.807, 2.05) is 0 Å².